The molecule has 63 heteroatoms. The Hall–Kier alpha value is 34.1. The van der Waals surface area contributed by atoms with Crippen LogP contribution in [0.4, 0.5) is 0 Å². The van der Waals surface area contributed by atoms with Crippen LogP contribution in [0.2, 0.25) is 0 Å². The molecule has 0 radical (unpaired) electrons. The molecule has 0 atom stereocenters. The van der Waals surface area contributed by atoms with Crippen LogP contribution in [-0.2, 0) is 45.7 Å². The number of rotatable bonds is 21. The second kappa shape index (κ2) is 76.4. The van der Waals surface area contributed by atoms with Crippen molar-refractivity contribution in [2.75, 3.05) is 26.2 Å². The first kappa shape index (κ1) is 162. The van der Waals surface area contributed by atoms with Gasteiger partial charge in [0.05, 0.1) is 27.6 Å². The molecule has 0 heterocycles. The van der Waals surface area contributed by atoms with E-state index < -0.39 is 144 Å². The smallest absolute Gasteiger partial charge is 0.809 e. The van der Waals surface area contributed by atoms with Gasteiger partial charge in [0.1, 0.15) is 0 Å². The zero-order valence-corrected chi connectivity index (χ0v) is 115. The van der Waals surface area contributed by atoms with Crippen molar-refractivity contribution < 1.29 is 1170 Å². The van der Waals surface area contributed by atoms with Crippen molar-refractivity contribution in [3.05, 3.63) is 0 Å². The quantitative estimate of drug-likeness (QED) is 0.0760. The molecule has 314 valence electrons. The Labute approximate surface area is 1270 Å². The van der Waals surface area contributed by atoms with E-state index in [0.717, 1.165) is 0 Å². The summed E-state index contributed by atoms with van der Waals surface area (Å²) in [5.41, 5.74) is -23.6. The van der Waals surface area contributed by atoms with Crippen molar-refractivity contribution in [2.24, 2.45) is 0 Å². The van der Waals surface area contributed by atoms with E-state index in [0.29, 0.717) is 0 Å². The Morgan fingerprint density at radius 3 is 0.375 bits per heavy atom. The van der Waals surface area contributed by atoms with Gasteiger partial charge in [-0.3, -0.25) is 14.7 Å². The summed E-state index contributed by atoms with van der Waals surface area (Å²) in [6, 6.07) is 0. The van der Waals surface area contributed by atoms with Gasteiger partial charge in [-0.2, -0.15) is 0 Å². The molecule has 33 nitrogen and oxygen atoms in total. The minimum absolute atomic E-state index is 0. The van der Waals surface area contributed by atoms with Crippen molar-refractivity contribution in [1.82, 2.24) is 14.7 Å². The molecule has 0 spiro atoms. The van der Waals surface area contributed by atoms with Gasteiger partial charge in [0.15, 0.2) is 0 Å². The Morgan fingerprint density at radius 2 is 0.292 bits per heavy atom. The number of hydrogen-bond acceptors (Lipinski definition) is 33. The van der Waals surface area contributed by atoms with Gasteiger partial charge < -0.3 is 144 Å². The first-order chi connectivity index (χ1) is 22.2. The van der Waals surface area contributed by atoms with Crippen molar-refractivity contribution >= 4 is 76.0 Å². The van der Waals surface area contributed by atoms with E-state index >= 15 is 0 Å². The van der Waals surface area contributed by atoms with Crippen LogP contribution in [0.1, 0.15) is 0 Å². The Balaban J connectivity index is -0.0000000684. The first-order valence-corrected chi connectivity index (χ1v) is 27.7. The zero-order chi connectivity index (χ0) is 42.4. The van der Waals surface area contributed by atoms with Crippen LogP contribution in [0.15, 0.2) is 0 Å². The standard InChI is InChI=1S/C9H33N3O30P10.20K/c13-43(14,15)5(44(16,17)18)10(1-3-11(6(45(19,20)21)46(22,23)24)7(47(25,26)27)48(28,29)30)2-4-12(8(49(31,32)33)50(34,35)36)9(51(37,38)39)52(40,41)42;;;;;;;;;;;;;;;;;;;;/h5-9H,1-4H2,(H2,13,14,15)(H2,16,17,18)(H2,19,20,21)(H2,22,23,24)(H2,25,26,27)(H2,28,29,30)(H2,31,32,33)(H2,34,35,36)(H2,37,38,39)(H2,40,41,42);;;;;;;;;;;;;;;;;;;;/q;20*+1/p-20. The predicted octanol–water partition coefficient (Wildman–Crippen LogP) is -77.5. The fraction of sp³-hybridized carbons (Fsp3) is 1.00. The number of hydrogen-bond donors (Lipinski definition) is 0. The molecule has 0 rings (SSSR count). The second-order valence-corrected chi connectivity index (χ2v) is 27.4. The van der Waals surface area contributed by atoms with E-state index in [1.54, 1.807) is 0 Å². The summed E-state index contributed by atoms with van der Waals surface area (Å²) < 4.78 is 117. The van der Waals surface area contributed by atoms with E-state index in [1.165, 1.54) is 0 Å². The molecule has 0 aromatic heterocycles. The second-order valence-electron chi connectivity index (χ2n) is 9.64. The molecule has 0 aliphatic carbocycles. The van der Waals surface area contributed by atoms with Crippen LogP contribution in [-0.4, -0.2) is 68.5 Å². The van der Waals surface area contributed by atoms with Crippen molar-refractivity contribution in [1.29, 1.82) is 0 Å². The average molecular weight is 1730 g/mol. The molecular weight excluding hydrogens is 1720 g/mol. The summed E-state index contributed by atoms with van der Waals surface area (Å²) in [4.78, 5) is 229. The summed E-state index contributed by atoms with van der Waals surface area (Å²) in [5, 5.41) is 0. The van der Waals surface area contributed by atoms with Gasteiger partial charge in [-0.25, -0.2) is 0 Å². The molecule has 0 saturated heterocycles. The predicted molar refractivity (Wildman–Crippen MR) is 120 cm³/mol. The van der Waals surface area contributed by atoms with E-state index in [-0.39, 0.29) is 1030 Å². The van der Waals surface area contributed by atoms with Crippen LogP contribution < -0.4 is 1130 Å². The van der Waals surface area contributed by atoms with E-state index in [1.807, 2.05) is 0 Å². The van der Waals surface area contributed by atoms with Gasteiger partial charge in [0.2, 0.25) is 0 Å². The van der Waals surface area contributed by atoms with Crippen molar-refractivity contribution in [3.8, 4) is 0 Å². The van der Waals surface area contributed by atoms with Gasteiger partial charge in [-0.15, -0.1) is 0 Å². The molecule has 0 amide bonds. The Bertz CT molecular complexity index is 1510. The third-order valence-electron chi connectivity index (χ3n) is 5.63. The van der Waals surface area contributed by atoms with Gasteiger partial charge >= 0.3 is 1030 Å². The van der Waals surface area contributed by atoms with Crippen LogP contribution in [0.3, 0.4) is 0 Å². The third kappa shape index (κ3) is 71.9. The minimum Gasteiger partial charge on any atom is -0.809 e. The molecule has 0 saturated carbocycles. The molecule has 0 fully saturated rings. The van der Waals surface area contributed by atoms with Gasteiger partial charge in [-0.1, -0.05) is 0 Å². The molecule has 0 aromatic carbocycles. The Morgan fingerprint density at radius 1 is 0.194 bits per heavy atom. The SMILES string of the molecule is O=P([O-])([O-])C(N(CCN(C(P(=O)([O-])[O-])P(=O)([O-])[O-])C(P(=O)([O-])[O-])P(=O)([O-])[O-])CCN(C(P(=O)([O-])[O-])P(=O)([O-])[O-])C(P(=O)([O-])[O-])P(=O)([O-])[O-])P(=O)([O-])[O-].[K+].[K+].[K+].[K+].[K+].[K+].[K+].[K+].[K+].[K+].[K+].[K+].[K+].[K+].[K+].[K+].[K+].[K+].[K+].[K+]. The molecule has 0 aliphatic heterocycles. The fourth-order valence-electron chi connectivity index (χ4n) is 4.25. The molecule has 0 unspecified atom stereocenters. The summed E-state index contributed by atoms with van der Waals surface area (Å²) in [6.45, 7) is -10.6. The van der Waals surface area contributed by atoms with Crippen molar-refractivity contribution in [2.45, 2.75) is 27.6 Å². The summed E-state index contributed by atoms with van der Waals surface area (Å²) >= 11 is 0. The van der Waals surface area contributed by atoms with Gasteiger partial charge in [0, 0.05) is 26.2 Å². The average Bonchev–Trinajstić information content (AvgIpc) is 2.70. The van der Waals surface area contributed by atoms with Crippen LogP contribution in [0.5, 0.6) is 0 Å². The topological polar surface area (TPSA) is 642 Å². The van der Waals surface area contributed by atoms with Crippen LogP contribution in [0, 0.1) is 0 Å². The zero-order valence-electron chi connectivity index (χ0n) is 43.8. The van der Waals surface area contributed by atoms with Crippen LogP contribution >= 0.6 is 76.0 Å². The molecule has 0 aliphatic rings. The molecular formula is C9H13K20N3O30P10. The first-order valence-electron chi connectivity index (χ1n) is 11.6. The van der Waals surface area contributed by atoms with Gasteiger partial charge in [0.25, 0.3) is 0 Å². The maximum absolute atomic E-state index is 11.8. The minimum atomic E-state index is -7.47. The van der Waals surface area contributed by atoms with E-state index in [2.05, 4.69) is 0 Å². The summed E-state index contributed by atoms with van der Waals surface area (Å²) in [6.07, 6.45) is 0. The normalized spacial score (nSPS) is 11.4. The summed E-state index contributed by atoms with van der Waals surface area (Å²) in [5.74, 6) is 0. The van der Waals surface area contributed by atoms with Gasteiger partial charge in [-0.05, 0) is 76.0 Å². The molecule has 0 aromatic rings. The van der Waals surface area contributed by atoms with E-state index in [9.17, 15) is 144 Å². The van der Waals surface area contributed by atoms with Crippen molar-refractivity contribution in [3.63, 3.8) is 0 Å². The molecule has 0 N–H and O–H groups in total. The maximum atomic E-state index is 11.8. The number of nitrogens with zero attached hydrogens (tertiary/aromatic N) is 3. The van der Waals surface area contributed by atoms with Crippen LogP contribution in [0.25, 0.3) is 0 Å². The fourth-order valence-corrected chi connectivity index (χ4v) is 18.2. The largest absolute Gasteiger partial charge is 1.00 e. The molecule has 0 bridgehead atoms. The summed E-state index contributed by atoms with van der Waals surface area (Å²) in [7, 11) is -74.5. The monoisotopic (exact) mass is 1730 g/mol. The third-order valence-corrected chi connectivity index (χ3v) is 22.8. The van der Waals surface area contributed by atoms with E-state index in [4.69, 9.17) is 0 Å². The Kier molecular flexibility index (Phi) is 172. The molecule has 72 heavy (non-hydrogen) atoms. The maximum Gasteiger partial charge on any atom is 1.00 e.